The molecule has 4 nitrogen and oxygen atoms in total. The van der Waals surface area contributed by atoms with E-state index in [9.17, 15) is 9.90 Å². The third kappa shape index (κ3) is 12.7. The molecular formula is C25H42O4. The van der Waals surface area contributed by atoms with Gasteiger partial charge in [0.25, 0.3) is 0 Å². The molecule has 0 heterocycles. The quantitative estimate of drug-likeness (QED) is 0.154. The van der Waals surface area contributed by atoms with Gasteiger partial charge in [-0.3, -0.25) is 4.79 Å². The van der Waals surface area contributed by atoms with E-state index in [-0.39, 0.29) is 18.0 Å². The Kier molecular flexibility index (Phi) is 15.4. The maximum atomic E-state index is 11.2. The summed E-state index contributed by atoms with van der Waals surface area (Å²) in [6.45, 7) is 0.324. The van der Waals surface area contributed by atoms with Crippen molar-refractivity contribution in [3.63, 3.8) is 0 Å². The fourth-order valence-electron chi connectivity index (χ4n) is 3.93. The van der Waals surface area contributed by atoms with Crippen LogP contribution in [0, 0.1) is 11.8 Å². The number of unbranched alkanes of at least 4 members (excludes halogenated alkanes) is 7. The zero-order valence-corrected chi connectivity index (χ0v) is 18.3. The van der Waals surface area contributed by atoms with E-state index in [0.29, 0.717) is 31.8 Å². The van der Waals surface area contributed by atoms with Gasteiger partial charge in [0, 0.05) is 13.0 Å². The fourth-order valence-corrected chi connectivity index (χ4v) is 3.93. The summed E-state index contributed by atoms with van der Waals surface area (Å²) in [7, 11) is 1.40. The molecule has 0 aromatic heterocycles. The lowest BCUT2D eigenvalue weighted by molar-refractivity contribution is -0.140. The van der Waals surface area contributed by atoms with Crippen molar-refractivity contribution in [2.45, 2.75) is 89.6 Å². The summed E-state index contributed by atoms with van der Waals surface area (Å²) in [6, 6.07) is 0. The fraction of sp³-hybridized carbons (Fsp3) is 0.720. The van der Waals surface area contributed by atoms with E-state index in [2.05, 4.69) is 41.2 Å². The lowest BCUT2D eigenvalue weighted by atomic mass is 9.78. The van der Waals surface area contributed by atoms with E-state index in [1.54, 1.807) is 0 Å². The smallest absolute Gasteiger partial charge is 0.305 e. The Balaban J connectivity index is 2.22. The Labute approximate surface area is 177 Å². The number of hydrogen-bond donors (Lipinski definition) is 2. The topological polar surface area (TPSA) is 66.8 Å². The highest BCUT2D eigenvalue weighted by molar-refractivity contribution is 5.68. The molecule has 3 atom stereocenters. The van der Waals surface area contributed by atoms with Gasteiger partial charge in [0.05, 0.1) is 13.2 Å². The molecule has 0 aromatic carbocycles. The first kappa shape index (κ1) is 25.6. The maximum Gasteiger partial charge on any atom is 0.305 e. The van der Waals surface area contributed by atoms with Crippen LogP contribution in [-0.4, -0.2) is 36.0 Å². The second-order valence-corrected chi connectivity index (χ2v) is 8.11. The standard InChI is InChI=1S/C25H42O4/c1-29-25(28)20-15-19-24(27)23-18-13-12-17-22(23)16-11-9-7-5-3-2-4-6-8-10-14-21-26/h7,9,11-13,16,22-24,26-27H,2-6,8,10,14-15,17-21H2,1H3. The van der Waals surface area contributed by atoms with Crippen LogP contribution < -0.4 is 0 Å². The average Bonchev–Trinajstić information content (AvgIpc) is 2.74. The highest BCUT2D eigenvalue weighted by Crippen LogP contribution is 2.31. The first-order valence-corrected chi connectivity index (χ1v) is 11.5. The largest absolute Gasteiger partial charge is 0.469 e. The van der Waals surface area contributed by atoms with Crippen molar-refractivity contribution in [1.29, 1.82) is 0 Å². The van der Waals surface area contributed by atoms with Crippen LogP contribution in [0.25, 0.3) is 0 Å². The van der Waals surface area contributed by atoms with Crippen LogP contribution >= 0.6 is 0 Å². The lowest BCUT2D eigenvalue weighted by Crippen LogP contribution is -2.28. The molecule has 29 heavy (non-hydrogen) atoms. The molecule has 0 amide bonds. The molecule has 4 heteroatoms. The van der Waals surface area contributed by atoms with E-state index in [0.717, 1.165) is 32.1 Å². The van der Waals surface area contributed by atoms with Crippen molar-refractivity contribution in [2.24, 2.45) is 11.8 Å². The summed E-state index contributed by atoms with van der Waals surface area (Å²) in [6.07, 6.45) is 25.8. The van der Waals surface area contributed by atoms with Gasteiger partial charge in [-0.15, -0.1) is 0 Å². The van der Waals surface area contributed by atoms with Crippen LogP contribution in [0.1, 0.15) is 83.5 Å². The van der Waals surface area contributed by atoms with Gasteiger partial charge in [-0.05, 0) is 56.8 Å². The van der Waals surface area contributed by atoms with Crippen LogP contribution in [0.2, 0.25) is 0 Å². The Hall–Kier alpha value is -1.39. The highest BCUT2D eigenvalue weighted by Gasteiger charge is 2.26. The Morgan fingerprint density at radius 2 is 1.72 bits per heavy atom. The van der Waals surface area contributed by atoms with Crippen LogP contribution in [0.15, 0.2) is 36.5 Å². The van der Waals surface area contributed by atoms with Gasteiger partial charge in [-0.1, -0.05) is 68.6 Å². The van der Waals surface area contributed by atoms with Gasteiger partial charge in [0.2, 0.25) is 0 Å². The molecule has 0 aliphatic heterocycles. The minimum atomic E-state index is -0.374. The number of aliphatic hydroxyl groups is 2. The van der Waals surface area contributed by atoms with E-state index < -0.39 is 0 Å². The lowest BCUT2D eigenvalue weighted by Gasteiger charge is -2.30. The molecule has 2 N–H and O–H groups in total. The van der Waals surface area contributed by atoms with Gasteiger partial charge in [0.1, 0.15) is 0 Å². The van der Waals surface area contributed by atoms with E-state index in [4.69, 9.17) is 5.11 Å². The number of esters is 1. The molecular weight excluding hydrogens is 364 g/mol. The molecule has 0 spiro atoms. The molecule has 0 radical (unpaired) electrons. The Morgan fingerprint density at radius 1 is 1.03 bits per heavy atom. The number of rotatable bonds is 16. The Bertz CT molecular complexity index is 495. The zero-order chi connectivity index (χ0) is 21.2. The third-order valence-corrected chi connectivity index (χ3v) is 5.77. The number of hydrogen-bond acceptors (Lipinski definition) is 4. The normalized spacial score (nSPS) is 20.5. The predicted octanol–water partition coefficient (Wildman–Crippen LogP) is 5.50. The number of aliphatic hydroxyl groups excluding tert-OH is 2. The van der Waals surface area contributed by atoms with Gasteiger partial charge in [0.15, 0.2) is 0 Å². The van der Waals surface area contributed by atoms with Crippen molar-refractivity contribution in [3.8, 4) is 0 Å². The van der Waals surface area contributed by atoms with Crippen LogP contribution in [0.5, 0.6) is 0 Å². The van der Waals surface area contributed by atoms with E-state index >= 15 is 0 Å². The van der Waals surface area contributed by atoms with Crippen molar-refractivity contribution in [2.75, 3.05) is 13.7 Å². The number of ether oxygens (including phenoxy) is 1. The van der Waals surface area contributed by atoms with E-state index in [1.165, 1.54) is 39.2 Å². The van der Waals surface area contributed by atoms with Crippen molar-refractivity contribution >= 4 is 5.97 Å². The molecule has 166 valence electrons. The summed E-state index contributed by atoms with van der Waals surface area (Å²) in [4.78, 5) is 11.2. The molecule has 0 saturated heterocycles. The molecule has 0 aromatic rings. The number of allylic oxidation sites excluding steroid dienone is 6. The van der Waals surface area contributed by atoms with Crippen molar-refractivity contribution < 1.29 is 19.7 Å². The summed E-state index contributed by atoms with van der Waals surface area (Å²) in [5, 5.41) is 19.3. The molecule has 0 fully saturated rings. The van der Waals surface area contributed by atoms with Gasteiger partial charge in [-0.25, -0.2) is 0 Å². The van der Waals surface area contributed by atoms with Crippen LogP contribution in [-0.2, 0) is 9.53 Å². The average molecular weight is 407 g/mol. The first-order chi connectivity index (χ1) is 14.2. The number of carbonyl (C=O) groups is 1. The van der Waals surface area contributed by atoms with Crippen molar-refractivity contribution in [1.82, 2.24) is 0 Å². The second kappa shape index (κ2) is 17.5. The first-order valence-electron chi connectivity index (χ1n) is 11.5. The molecule has 0 bridgehead atoms. The zero-order valence-electron chi connectivity index (χ0n) is 18.3. The Morgan fingerprint density at radius 3 is 2.45 bits per heavy atom. The predicted molar refractivity (Wildman–Crippen MR) is 120 cm³/mol. The van der Waals surface area contributed by atoms with Gasteiger partial charge >= 0.3 is 5.97 Å². The minimum Gasteiger partial charge on any atom is -0.469 e. The molecule has 1 aliphatic rings. The summed E-state index contributed by atoms with van der Waals surface area (Å²) in [5.74, 6) is 0.383. The van der Waals surface area contributed by atoms with Gasteiger partial charge in [-0.2, -0.15) is 0 Å². The maximum absolute atomic E-state index is 11.2. The van der Waals surface area contributed by atoms with Gasteiger partial charge < -0.3 is 14.9 Å². The molecule has 1 rings (SSSR count). The van der Waals surface area contributed by atoms with Crippen molar-refractivity contribution in [3.05, 3.63) is 36.5 Å². The number of carbonyl (C=O) groups excluding carboxylic acids is 1. The SMILES string of the molecule is COC(=O)CCCC(O)C1CC=CCC1C=CC=CCCCCCCCCCO. The summed E-state index contributed by atoms with van der Waals surface area (Å²) < 4.78 is 4.67. The number of methoxy groups -OCH3 is 1. The molecule has 0 saturated carbocycles. The third-order valence-electron chi connectivity index (χ3n) is 5.77. The van der Waals surface area contributed by atoms with E-state index in [1.807, 2.05) is 0 Å². The van der Waals surface area contributed by atoms with Crippen LogP contribution in [0.4, 0.5) is 0 Å². The minimum absolute atomic E-state index is 0.205. The monoisotopic (exact) mass is 406 g/mol. The van der Waals surface area contributed by atoms with Crippen LogP contribution in [0.3, 0.4) is 0 Å². The highest BCUT2D eigenvalue weighted by atomic mass is 16.5. The molecule has 1 aliphatic carbocycles. The second-order valence-electron chi connectivity index (χ2n) is 8.11. The summed E-state index contributed by atoms with van der Waals surface area (Å²) in [5.41, 5.74) is 0. The molecule has 3 unspecified atom stereocenters. The summed E-state index contributed by atoms with van der Waals surface area (Å²) >= 11 is 0.